The number of fused-ring (bicyclic) bond motifs is 1. The summed E-state index contributed by atoms with van der Waals surface area (Å²) in [5.74, 6) is -3.30. The zero-order valence-electron chi connectivity index (χ0n) is 26.2. The Balaban J connectivity index is 1.42. The molecule has 0 radical (unpaired) electrons. The minimum Gasteiger partial charge on any atom is -0.493 e. The standard InChI is InChI=1S/C31H31FN6O10/c1-16(39)13-25-27(44-17(2)40)28(45-18(3)41)29(46-19(4)42)31(47-25)48-38-15-22(34-36-38)14-37-24-8-6-5-7-23(24)26(30(37)43)35-33-21-11-9-20(32)10-12-21/h5-12,15,25,27-29,31,43H,13-14H2,1-4H3/t25-,27-,28+,29-,31+/m1/s1. The maximum atomic E-state index is 13.3. The summed E-state index contributed by atoms with van der Waals surface area (Å²) < 4.78 is 37.0. The Bertz CT molecular complexity index is 1860. The zero-order valence-corrected chi connectivity index (χ0v) is 26.2. The third-order valence-electron chi connectivity index (χ3n) is 7.05. The molecule has 252 valence electrons. The molecule has 0 unspecified atom stereocenters. The first-order chi connectivity index (χ1) is 22.9. The average Bonchev–Trinajstić information content (AvgIpc) is 3.57. The summed E-state index contributed by atoms with van der Waals surface area (Å²) in [5, 5.41) is 28.1. The van der Waals surface area contributed by atoms with E-state index in [0.29, 0.717) is 22.3 Å². The number of rotatable bonds is 11. The van der Waals surface area contributed by atoms with Gasteiger partial charge in [0.05, 0.1) is 23.9 Å². The third kappa shape index (κ3) is 7.80. The van der Waals surface area contributed by atoms with Crippen LogP contribution in [0.4, 0.5) is 15.8 Å². The largest absolute Gasteiger partial charge is 0.493 e. The molecule has 16 nitrogen and oxygen atoms in total. The van der Waals surface area contributed by atoms with Gasteiger partial charge in [-0.3, -0.25) is 19.2 Å². The van der Waals surface area contributed by atoms with E-state index in [1.165, 1.54) is 42.0 Å². The summed E-state index contributed by atoms with van der Waals surface area (Å²) in [6.07, 6.45) is -5.74. The van der Waals surface area contributed by atoms with E-state index in [2.05, 4.69) is 20.5 Å². The molecule has 0 spiro atoms. The number of benzene rings is 2. The second-order valence-electron chi connectivity index (χ2n) is 10.8. The van der Waals surface area contributed by atoms with Gasteiger partial charge in [-0.15, -0.1) is 10.2 Å². The Labute approximate surface area is 271 Å². The lowest BCUT2D eigenvalue weighted by atomic mass is 9.95. The topological polar surface area (TPSA) is 195 Å². The van der Waals surface area contributed by atoms with Crippen molar-refractivity contribution in [3.8, 4) is 5.88 Å². The molecule has 1 saturated heterocycles. The van der Waals surface area contributed by atoms with Crippen LogP contribution in [0.15, 0.2) is 65.0 Å². The lowest BCUT2D eigenvalue weighted by Gasteiger charge is -2.43. The number of aromatic nitrogens is 4. The number of esters is 3. The Hall–Kier alpha value is -5.71. The predicted octanol–water partition coefficient (Wildman–Crippen LogP) is 3.47. The maximum Gasteiger partial charge on any atom is 0.303 e. The minimum absolute atomic E-state index is 0.0156. The van der Waals surface area contributed by atoms with Gasteiger partial charge in [0.1, 0.15) is 23.4 Å². The monoisotopic (exact) mass is 666 g/mol. The predicted molar refractivity (Wildman–Crippen MR) is 161 cm³/mol. The Kier molecular flexibility index (Phi) is 10.1. The number of carbonyl (C=O) groups excluding carboxylic acids is 4. The maximum absolute atomic E-state index is 13.3. The number of nitrogens with zero attached hydrogens (tertiary/aromatic N) is 6. The van der Waals surface area contributed by atoms with Crippen LogP contribution in [0.2, 0.25) is 0 Å². The molecule has 0 aliphatic carbocycles. The molecule has 0 amide bonds. The first-order valence-electron chi connectivity index (χ1n) is 14.6. The molecule has 1 fully saturated rings. The van der Waals surface area contributed by atoms with Crippen molar-refractivity contribution >= 4 is 46.0 Å². The van der Waals surface area contributed by atoms with Crippen LogP contribution in [-0.4, -0.2) is 79.2 Å². The van der Waals surface area contributed by atoms with E-state index in [9.17, 15) is 28.7 Å². The number of hydrogen-bond donors (Lipinski definition) is 1. The molecule has 48 heavy (non-hydrogen) atoms. The minimum atomic E-state index is -1.51. The van der Waals surface area contributed by atoms with E-state index >= 15 is 0 Å². The fourth-order valence-electron chi connectivity index (χ4n) is 5.21. The fourth-order valence-corrected chi connectivity index (χ4v) is 5.21. The van der Waals surface area contributed by atoms with Crippen molar-refractivity contribution in [3.05, 3.63) is 66.2 Å². The van der Waals surface area contributed by atoms with Crippen LogP contribution in [0.25, 0.3) is 10.9 Å². The van der Waals surface area contributed by atoms with E-state index in [0.717, 1.165) is 25.6 Å². The number of aromatic hydroxyl groups is 1. The Morgan fingerprint density at radius 2 is 1.54 bits per heavy atom. The van der Waals surface area contributed by atoms with E-state index in [-0.39, 0.29) is 30.3 Å². The summed E-state index contributed by atoms with van der Waals surface area (Å²) in [5.41, 5.74) is 1.44. The van der Waals surface area contributed by atoms with Crippen molar-refractivity contribution < 1.29 is 52.5 Å². The van der Waals surface area contributed by atoms with Crippen LogP contribution >= 0.6 is 0 Å². The molecule has 17 heteroatoms. The summed E-state index contributed by atoms with van der Waals surface area (Å²) >= 11 is 0. The van der Waals surface area contributed by atoms with Gasteiger partial charge < -0.3 is 33.5 Å². The van der Waals surface area contributed by atoms with Gasteiger partial charge >= 0.3 is 17.9 Å². The van der Waals surface area contributed by atoms with Gasteiger partial charge in [-0.25, -0.2) is 4.39 Å². The van der Waals surface area contributed by atoms with Crippen molar-refractivity contribution in [2.75, 3.05) is 0 Å². The number of para-hydroxylation sites is 1. The SMILES string of the molecule is CC(=O)C[C@H]1O[C@@H](On2cc(Cn3c(O)c(N=Nc4ccc(F)cc4)c4ccccc43)nn2)[C@H](OC(C)=O)[C@@H](OC(C)=O)[C@@H]1OC(C)=O. The number of carbonyl (C=O) groups is 4. The Morgan fingerprint density at radius 1 is 0.896 bits per heavy atom. The molecule has 1 N–H and O–H groups in total. The van der Waals surface area contributed by atoms with Crippen molar-refractivity contribution in [2.45, 2.75) is 71.4 Å². The normalized spacial score (nSPS) is 20.8. The summed E-state index contributed by atoms with van der Waals surface area (Å²) in [6, 6.07) is 12.4. The molecule has 5 rings (SSSR count). The van der Waals surface area contributed by atoms with Crippen LogP contribution in [-0.2, 0) is 44.7 Å². The van der Waals surface area contributed by atoms with E-state index in [1.54, 1.807) is 24.3 Å². The zero-order chi connectivity index (χ0) is 34.5. The van der Waals surface area contributed by atoms with Crippen LogP contribution in [0, 0.1) is 5.82 Å². The lowest BCUT2D eigenvalue weighted by molar-refractivity contribution is -0.305. The molecular formula is C31H31FN6O10. The number of hydrogen-bond acceptors (Lipinski definition) is 14. The molecular weight excluding hydrogens is 635 g/mol. The second-order valence-corrected chi connectivity index (χ2v) is 10.8. The van der Waals surface area contributed by atoms with Crippen molar-refractivity contribution in [1.29, 1.82) is 0 Å². The molecule has 2 aromatic heterocycles. The highest BCUT2D eigenvalue weighted by molar-refractivity contribution is 5.95. The van der Waals surface area contributed by atoms with Gasteiger partial charge in [0.25, 0.3) is 6.29 Å². The van der Waals surface area contributed by atoms with Crippen LogP contribution in [0.5, 0.6) is 5.88 Å². The van der Waals surface area contributed by atoms with Gasteiger partial charge in [0.15, 0.2) is 17.9 Å². The highest BCUT2D eigenvalue weighted by atomic mass is 19.1. The summed E-state index contributed by atoms with van der Waals surface area (Å²) in [7, 11) is 0. The van der Waals surface area contributed by atoms with Gasteiger partial charge in [-0.2, -0.15) is 5.11 Å². The fraction of sp³-hybridized carbons (Fsp3) is 0.355. The summed E-state index contributed by atoms with van der Waals surface area (Å²) in [4.78, 5) is 55.0. The molecule has 3 heterocycles. The Morgan fingerprint density at radius 3 is 2.21 bits per heavy atom. The van der Waals surface area contributed by atoms with Gasteiger partial charge in [-0.05, 0) is 42.5 Å². The number of ketones is 1. The second kappa shape index (κ2) is 14.4. The molecule has 4 aromatic rings. The third-order valence-corrected chi connectivity index (χ3v) is 7.05. The number of azo groups is 1. The first-order valence-corrected chi connectivity index (χ1v) is 14.6. The molecule has 1 aliphatic heterocycles. The molecule has 0 bridgehead atoms. The van der Waals surface area contributed by atoms with Crippen molar-refractivity contribution in [1.82, 2.24) is 19.7 Å². The van der Waals surface area contributed by atoms with E-state index in [1.807, 2.05) is 0 Å². The quantitative estimate of drug-likeness (QED) is 0.139. The molecule has 0 saturated carbocycles. The van der Waals surface area contributed by atoms with Crippen LogP contribution in [0.3, 0.4) is 0 Å². The van der Waals surface area contributed by atoms with Crippen molar-refractivity contribution in [2.24, 2.45) is 10.2 Å². The molecule has 5 atom stereocenters. The van der Waals surface area contributed by atoms with E-state index in [4.69, 9.17) is 23.8 Å². The molecule has 2 aromatic carbocycles. The van der Waals surface area contributed by atoms with Gasteiger partial charge in [0, 0.05) is 32.6 Å². The average molecular weight is 667 g/mol. The van der Waals surface area contributed by atoms with E-state index < -0.39 is 54.4 Å². The van der Waals surface area contributed by atoms with Crippen molar-refractivity contribution in [3.63, 3.8) is 0 Å². The highest BCUT2D eigenvalue weighted by Gasteiger charge is 2.53. The smallest absolute Gasteiger partial charge is 0.303 e. The van der Waals surface area contributed by atoms with Crippen LogP contribution in [0.1, 0.15) is 39.8 Å². The summed E-state index contributed by atoms with van der Waals surface area (Å²) in [6.45, 7) is 4.63. The number of halogens is 1. The lowest BCUT2D eigenvalue weighted by Crippen LogP contribution is -2.63. The van der Waals surface area contributed by atoms with Crippen LogP contribution < -0.4 is 4.84 Å². The van der Waals surface area contributed by atoms with Gasteiger partial charge in [0.2, 0.25) is 12.0 Å². The number of Topliss-reactive ketones (excluding diaryl/α,β-unsaturated/α-hetero) is 1. The first kappa shape index (κ1) is 33.6. The number of ether oxygens (including phenoxy) is 4. The highest BCUT2D eigenvalue weighted by Crippen LogP contribution is 2.40. The molecule has 1 aliphatic rings. The van der Waals surface area contributed by atoms with Gasteiger partial charge in [-0.1, -0.05) is 23.0 Å².